The van der Waals surface area contributed by atoms with Crippen molar-refractivity contribution in [3.05, 3.63) is 93.6 Å². The maximum Gasteiger partial charge on any atom is 0.341 e. The molecule has 1 N–H and O–H groups in total. The first-order chi connectivity index (χ1) is 18.3. The molecule has 2 aromatic heterocycles. The fourth-order valence-corrected chi connectivity index (χ4v) is 5.78. The predicted octanol–water partition coefficient (Wildman–Crippen LogP) is 6.57. The number of aryl methyl sites for hydroxylation is 2. The number of halogens is 1. The highest BCUT2D eigenvalue weighted by Gasteiger charge is 2.24. The molecule has 10 heteroatoms. The van der Waals surface area contributed by atoms with Gasteiger partial charge < -0.3 is 14.6 Å². The minimum Gasteiger partial charge on any atom is -0.465 e. The Hall–Kier alpha value is -3.40. The van der Waals surface area contributed by atoms with Crippen LogP contribution in [0.2, 0.25) is 5.02 Å². The van der Waals surface area contributed by atoms with E-state index in [1.807, 2.05) is 66.3 Å². The van der Waals surface area contributed by atoms with Crippen LogP contribution in [-0.4, -0.2) is 39.5 Å². The number of anilines is 1. The van der Waals surface area contributed by atoms with Crippen LogP contribution in [0.15, 0.2) is 65.7 Å². The van der Waals surface area contributed by atoms with Gasteiger partial charge in [0.2, 0.25) is 5.91 Å². The largest absolute Gasteiger partial charge is 0.465 e. The fourth-order valence-electron chi connectivity index (χ4n) is 3.93. The number of ether oxygens (including phenoxy) is 1. The molecule has 0 fully saturated rings. The number of thioether (sulfide) groups is 1. The molecule has 1 amide bonds. The van der Waals surface area contributed by atoms with E-state index in [4.69, 9.17) is 16.3 Å². The highest BCUT2D eigenvalue weighted by Crippen LogP contribution is 2.38. The van der Waals surface area contributed by atoms with Crippen molar-refractivity contribution in [3.8, 4) is 11.1 Å². The van der Waals surface area contributed by atoms with Crippen molar-refractivity contribution in [2.45, 2.75) is 32.0 Å². The molecule has 7 nitrogen and oxygen atoms in total. The summed E-state index contributed by atoms with van der Waals surface area (Å²) in [4.78, 5) is 25.7. The van der Waals surface area contributed by atoms with Crippen molar-refractivity contribution in [2.75, 3.05) is 18.2 Å². The van der Waals surface area contributed by atoms with Gasteiger partial charge in [0.25, 0.3) is 0 Å². The van der Waals surface area contributed by atoms with Crippen molar-refractivity contribution in [1.29, 1.82) is 0 Å². The molecule has 0 atom stereocenters. The number of amides is 1. The lowest BCUT2D eigenvalue weighted by Gasteiger charge is -2.10. The smallest absolute Gasteiger partial charge is 0.341 e. The van der Waals surface area contributed by atoms with E-state index < -0.39 is 5.97 Å². The summed E-state index contributed by atoms with van der Waals surface area (Å²) < 4.78 is 6.99. The van der Waals surface area contributed by atoms with Gasteiger partial charge in [0.1, 0.15) is 16.4 Å². The minimum atomic E-state index is -0.498. The molecule has 4 rings (SSSR count). The van der Waals surface area contributed by atoms with Crippen LogP contribution in [0.1, 0.15) is 32.9 Å². The summed E-state index contributed by atoms with van der Waals surface area (Å²) in [7, 11) is 1.34. The van der Waals surface area contributed by atoms with Crippen LogP contribution >= 0.6 is 34.7 Å². The number of allylic oxidation sites excluding steroid dienone is 1. The summed E-state index contributed by atoms with van der Waals surface area (Å²) in [5, 5.41) is 15.1. The topological polar surface area (TPSA) is 86.1 Å². The number of carbonyl (C=O) groups excluding carboxylic acids is 2. The second-order valence-corrected chi connectivity index (χ2v) is 10.9. The lowest BCUT2D eigenvalue weighted by Crippen LogP contribution is -2.16. The van der Waals surface area contributed by atoms with Crippen molar-refractivity contribution in [1.82, 2.24) is 14.8 Å². The Bertz CT molecular complexity index is 1480. The van der Waals surface area contributed by atoms with Gasteiger partial charge in [-0.05, 0) is 42.7 Å². The Morgan fingerprint density at radius 1 is 1.16 bits per heavy atom. The van der Waals surface area contributed by atoms with E-state index in [1.54, 1.807) is 6.08 Å². The quantitative estimate of drug-likeness (QED) is 0.133. The summed E-state index contributed by atoms with van der Waals surface area (Å²) in [5.74, 6) is 0.0946. The number of hydrogen-bond donors (Lipinski definition) is 1. The predicted molar refractivity (Wildman–Crippen MR) is 154 cm³/mol. The lowest BCUT2D eigenvalue weighted by atomic mass is 9.97. The van der Waals surface area contributed by atoms with Crippen molar-refractivity contribution < 1.29 is 14.3 Å². The van der Waals surface area contributed by atoms with Crippen LogP contribution in [0.5, 0.6) is 0 Å². The van der Waals surface area contributed by atoms with E-state index in [0.717, 1.165) is 33.6 Å². The average molecular weight is 567 g/mol. The molecule has 0 aliphatic carbocycles. The third kappa shape index (κ3) is 6.35. The Labute approximate surface area is 234 Å². The summed E-state index contributed by atoms with van der Waals surface area (Å²) in [6, 6.07) is 13.6. The zero-order chi connectivity index (χ0) is 27.2. The molecule has 0 spiro atoms. The molecular weight excluding hydrogens is 540 g/mol. The molecule has 2 aromatic carbocycles. The van der Waals surface area contributed by atoms with E-state index in [9.17, 15) is 9.59 Å². The third-order valence-electron chi connectivity index (χ3n) is 5.83. The van der Waals surface area contributed by atoms with Crippen LogP contribution in [0.25, 0.3) is 11.1 Å². The molecule has 0 aliphatic heterocycles. The Kier molecular flexibility index (Phi) is 9.04. The summed E-state index contributed by atoms with van der Waals surface area (Å²) in [5.41, 5.74) is 5.18. The van der Waals surface area contributed by atoms with Crippen LogP contribution < -0.4 is 5.32 Å². The summed E-state index contributed by atoms with van der Waals surface area (Å²) >= 11 is 8.57. The van der Waals surface area contributed by atoms with Crippen LogP contribution in [-0.2, 0) is 22.5 Å². The highest BCUT2D eigenvalue weighted by atomic mass is 35.5. The number of carbonyl (C=O) groups is 2. The van der Waals surface area contributed by atoms with Crippen molar-refractivity contribution in [2.24, 2.45) is 0 Å². The van der Waals surface area contributed by atoms with Crippen molar-refractivity contribution >= 4 is 51.6 Å². The highest BCUT2D eigenvalue weighted by molar-refractivity contribution is 7.99. The zero-order valence-corrected chi connectivity index (χ0v) is 23.7. The van der Waals surface area contributed by atoms with Gasteiger partial charge >= 0.3 is 5.97 Å². The molecule has 0 radical (unpaired) electrons. The van der Waals surface area contributed by atoms with Crippen LogP contribution in [0.3, 0.4) is 0 Å². The molecule has 38 heavy (non-hydrogen) atoms. The molecule has 4 aromatic rings. The van der Waals surface area contributed by atoms with Gasteiger partial charge in [0.15, 0.2) is 5.16 Å². The van der Waals surface area contributed by atoms with Gasteiger partial charge in [-0.2, -0.15) is 0 Å². The molecule has 0 aliphatic rings. The number of aromatic nitrogens is 3. The Balaban J connectivity index is 1.50. The van der Waals surface area contributed by atoms with E-state index >= 15 is 0 Å². The second-order valence-electron chi connectivity index (χ2n) is 8.60. The number of methoxy groups -OCH3 is 1. The van der Waals surface area contributed by atoms with E-state index in [-0.39, 0.29) is 11.7 Å². The molecule has 196 valence electrons. The van der Waals surface area contributed by atoms with Crippen molar-refractivity contribution in [3.63, 3.8) is 0 Å². The SMILES string of the molecule is C=CCn1c(Cc2ccc(Cl)cc2)nnc1SCC(=O)Nc1scc(-c2cc(C)ccc2C)c1C(=O)OC. The number of esters is 1. The lowest BCUT2D eigenvalue weighted by molar-refractivity contribution is -0.113. The van der Waals surface area contributed by atoms with Gasteiger partial charge in [0, 0.05) is 28.9 Å². The Morgan fingerprint density at radius 3 is 2.63 bits per heavy atom. The zero-order valence-electron chi connectivity index (χ0n) is 21.3. The first kappa shape index (κ1) is 27.6. The monoisotopic (exact) mass is 566 g/mol. The van der Waals surface area contributed by atoms with Gasteiger partial charge in [-0.25, -0.2) is 4.79 Å². The standard InChI is InChI=1S/C28H27ClN4O3S2/c1-5-12-33-23(14-19-8-10-20(29)11-9-19)31-32-28(33)38-16-24(34)30-26-25(27(35)36-4)22(15-37-26)21-13-17(2)6-7-18(21)3/h5-11,13,15H,1,12,14,16H2,2-4H3,(H,30,34). The number of hydrogen-bond acceptors (Lipinski definition) is 7. The molecule has 0 bridgehead atoms. The first-order valence-corrected chi connectivity index (χ1v) is 14.0. The minimum absolute atomic E-state index is 0.0908. The number of thiophene rings is 1. The number of rotatable bonds is 10. The van der Waals surface area contributed by atoms with Gasteiger partial charge in [-0.3, -0.25) is 4.79 Å². The fraction of sp³-hybridized carbons (Fsp3) is 0.214. The summed E-state index contributed by atoms with van der Waals surface area (Å²) in [6.45, 7) is 8.33. The van der Waals surface area contributed by atoms with Gasteiger partial charge in [-0.1, -0.05) is 65.3 Å². The molecular formula is C28H27ClN4O3S2. The maximum atomic E-state index is 12.9. The molecule has 0 unspecified atom stereocenters. The molecule has 0 saturated heterocycles. The molecule has 2 heterocycles. The normalized spacial score (nSPS) is 10.8. The second kappa shape index (κ2) is 12.4. The maximum absolute atomic E-state index is 12.9. The first-order valence-electron chi connectivity index (χ1n) is 11.8. The number of nitrogens with one attached hydrogen (secondary N) is 1. The average Bonchev–Trinajstić information content (AvgIpc) is 3.49. The van der Waals surface area contributed by atoms with Crippen LogP contribution in [0.4, 0.5) is 5.00 Å². The van der Waals surface area contributed by atoms with E-state index in [0.29, 0.717) is 33.7 Å². The summed E-state index contributed by atoms with van der Waals surface area (Å²) in [6.07, 6.45) is 2.34. The van der Waals surface area contributed by atoms with E-state index in [1.165, 1.54) is 30.2 Å². The van der Waals surface area contributed by atoms with Gasteiger partial charge in [0.05, 0.1) is 12.9 Å². The number of nitrogens with zero attached hydrogens (tertiary/aromatic N) is 3. The molecule has 0 saturated carbocycles. The number of benzene rings is 2. The van der Waals surface area contributed by atoms with Gasteiger partial charge in [-0.15, -0.1) is 28.1 Å². The van der Waals surface area contributed by atoms with Crippen LogP contribution in [0, 0.1) is 13.8 Å². The Morgan fingerprint density at radius 2 is 1.92 bits per heavy atom. The third-order valence-corrected chi connectivity index (χ3v) is 7.94. The van der Waals surface area contributed by atoms with E-state index in [2.05, 4.69) is 22.1 Å².